The number of rotatable bonds is 1. The molecule has 0 aromatic heterocycles. The van der Waals surface area contributed by atoms with Gasteiger partial charge in [0.25, 0.3) is 0 Å². The van der Waals surface area contributed by atoms with Gasteiger partial charge in [-0.05, 0) is 37.1 Å². The van der Waals surface area contributed by atoms with E-state index in [4.69, 9.17) is 11.6 Å². The van der Waals surface area contributed by atoms with Gasteiger partial charge in [-0.15, -0.1) is 0 Å². The van der Waals surface area contributed by atoms with Gasteiger partial charge >= 0.3 is 6.18 Å². The first-order valence-corrected chi connectivity index (χ1v) is 5.47. The summed E-state index contributed by atoms with van der Waals surface area (Å²) in [4.78, 5) is 3.33. The highest BCUT2D eigenvalue weighted by atomic mass is 79.9. The predicted octanol–water partition coefficient (Wildman–Crippen LogP) is 4.90. The molecule has 1 aromatic carbocycles. The van der Waals surface area contributed by atoms with Gasteiger partial charge in [-0.2, -0.15) is 13.2 Å². The summed E-state index contributed by atoms with van der Waals surface area (Å²) in [5.41, 5.74) is 1.82. The first-order chi connectivity index (χ1) is 7.21. The lowest BCUT2D eigenvalue weighted by atomic mass is 10.1. The molecule has 0 saturated carbocycles. The van der Waals surface area contributed by atoms with E-state index in [1.165, 1.54) is 12.1 Å². The van der Waals surface area contributed by atoms with Gasteiger partial charge < -0.3 is 0 Å². The molecule has 88 valence electrons. The van der Waals surface area contributed by atoms with Crippen LogP contribution >= 0.6 is 27.5 Å². The lowest BCUT2D eigenvalue weighted by molar-refractivity contribution is -0.0558. The minimum absolute atomic E-state index is 0.195. The highest BCUT2D eigenvalue weighted by molar-refractivity contribution is 9.10. The smallest absolute Gasteiger partial charge is 0.232 e. The molecule has 0 saturated heterocycles. The third-order valence-corrected chi connectivity index (χ3v) is 3.43. The summed E-state index contributed by atoms with van der Waals surface area (Å²) in [6.45, 7) is 3.55. The fourth-order valence-electron chi connectivity index (χ4n) is 1.16. The van der Waals surface area contributed by atoms with Crippen LogP contribution in [0.4, 0.5) is 18.9 Å². The van der Waals surface area contributed by atoms with E-state index in [0.29, 0.717) is 0 Å². The van der Waals surface area contributed by atoms with Crippen LogP contribution < -0.4 is 0 Å². The van der Waals surface area contributed by atoms with Crippen molar-refractivity contribution in [2.45, 2.75) is 20.0 Å². The molecule has 0 bridgehead atoms. The van der Waals surface area contributed by atoms with E-state index < -0.39 is 11.3 Å². The van der Waals surface area contributed by atoms with Crippen molar-refractivity contribution in [3.05, 3.63) is 27.7 Å². The van der Waals surface area contributed by atoms with Crippen LogP contribution in [-0.4, -0.2) is 11.3 Å². The molecule has 1 rings (SSSR count). The number of nitrogens with zero attached hydrogens (tertiary/aromatic N) is 1. The Labute approximate surface area is 104 Å². The molecule has 0 aliphatic rings. The van der Waals surface area contributed by atoms with Crippen molar-refractivity contribution in [1.82, 2.24) is 0 Å². The second-order valence-electron chi connectivity index (χ2n) is 3.29. The lowest BCUT2D eigenvalue weighted by Crippen LogP contribution is -2.16. The van der Waals surface area contributed by atoms with Crippen LogP contribution in [0, 0.1) is 13.8 Å². The van der Waals surface area contributed by atoms with E-state index in [9.17, 15) is 13.2 Å². The average Bonchev–Trinajstić information content (AvgIpc) is 2.12. The third kappa shape index (κ3) is 3.22. The second kappa shape index (κ2) is 4.75. The number of aryl methyl sites for hydroxylation is 2. The number of hydrogen-bond acceptors (Lipinski definition) is 1. The Kier molecular flexibility index (Phi) is 4.02. The van der Waals surface area contributed by atoms with Crippen molar-refractivity contribution in [2.24, 2.45) is 4.99 Å². The van der Waals surface area contributed by atoms with E-state index in [1.54, 1.807) is 13.8 Å². The summed E-state index contributed by atoms with van der Waals surface area (Å²) < 4.78 is 37.3. The lowest BCUT2D eigenvalue weighted by Gasteiger charge is -2.06. The molecule has 0 N–H and O–H groups in total. The maximum Gasteiger partial charge on any atom is 0.444 e. The summed E-state index contributed by atoms with van der Waals surface area (Å²) in [5.74, 6) is 0. The standard InChI is InChI=1S/C10H8BrClF3N/c1-5-3-7(4-6(2)8(5)11)16-9(12)10(13,14)15/h3-4H,1-2H3. The summed E-state index contributed by atoms with van der Waals surface area (Å²) in [6.07, 6.45) is -4.60. The molecule has 0 spiro atoms. The molecule has 0 atom stereocenters. The third-order valence-electron chi connectivity index (χ3n) is 1.88. The summed E-state index contributed by atoms with van der Waals surface area (Å²) in [6, 6.07) is 3.07. The fraction of sp³-hybridized carbons (Fsp3) is 0.300. The first-order valence-electron chi connectivity index (χ1n) is 4.30. The molecular weight excluding hydrogens is 306 g/mol. The first kappa shape index (κ1) is 13.5. The topological polar surface area (TPSA) is 12.4 Å². The van der Waals surface area contributed by atoms with Crippen molar-refractivity contribution >= 4 is 38.4 Å². The molecule has 0 unspecified atom stereocenters. The normalized spacial score (nSPS) is 13.1. The van der Waals surface area contributed by atoms with Gasteiger partial charge in [-0.25, -0.2) is 4.99 Å². The highest BCUT2D eigenvalue weighted by Crippen LogP contribution is 2.29. The van der Waals surface area contributed by atoms with Crippen molar-refractivity contribution in [1.29, 1.82) is 0 Å². The van der Waals surface area contributed by atoms with Crippen molar-refractivity contribution in [3.8, 4) is 0 Å². The Hall–Kier alpha value is -0.550. The van der Waals surface area contributed by atoms with Crippen LogP contribution in [0.3, 0.4) is 0 Å². The Morgan fingerprint density at radius 2 is 1.69 bits per heavy atom. The van der Waals surface area contributed by atoms with Gasteiger partial charge in [0.1, 0.15) is 0 Å². The van der Waals surface area contributed by atoms with Gasteiger partial charge in [0.05, 0.1) is 5.69 Å². The quantitative estimate of drug-likeness (QED) is 0.654. The number of alkyl halides is 3. The number of halogens is 5. The van der Waals surface area contributed by atoms with E-state index >= 15 is 0 Å². The van der Waals surface area contributed by atoms with Gasteiger partial charge in [0, 0.05) is 4.47 Å². The van der Waals surface area contributed by atoms with Crippen molar-refractivity contribution in [2.75, 3.05) is 0 Å². The average molecular weight is 315 g/mol. The van der Waals surface area contributed by atoms with E-state index in [1.807, 2.05) is 0 Å². The van der Waals surface area contributed by atoms with Crippen LogP contribution in [0.1, 0.15) is 11.1 Å². The minimum atomic E-state index is -4.60. The maximum absolute atomic E-state index is 12.1. The molecule has 0 fully saturated rings. The molecule has 0 aliphatic heterocycles. The zero-order valence-corrected chi connectivity index (χ0v) is 10.8. The molecular formula is C10H8BrClF3N. The largest absolute Gasteiger partial charge is 0.444 e. The highest BCUT2D eigenvalue weighted by Gasteiger charge is 2.34. The number of hydrogen-bond donors (Lipinski definition) is 0. The molecule has 6 heteroatoms. The Morgan fingerprint density at radius 1 is 1.25 bits per heavy atom. The summed E-state index contributed by atoms with van der Waals surface area (Å²) in [7, 11) is 0. The van der Waals surface area contributed by atoms with Crippen molar-refractivity contribution in [3.63, 3.8) is 0 Å². The zero-order chi connectivity index (χ0) is 12.5. The van der Waals surface area contributed by atoms with Gasteiger partial charge in [-0.3, -0.25) is 0 Å². The van der Waals surface area contributed by atoms with Crippen LogP contribution in [0.5, 0.6) is 0 Å². The monoisotopic (exact) mass is 313 g/mol. The van der Waals surface area contributed by atoms with Crippen LogP contribution in [0.2, 0.25) is 0 Å². The summed E-state index contributed by atoms with van der Waals surface area (Å²) in [5, 5.41) is -1.37. The van der Waals surface area contributed by atoms with E-state index in [-0.39, 0.29) is 5.69 Å². The van der Waals surface area contributed by atoms with Gasteiger partial charge in [0.15, 0.2) is 0 Å². The molecule has 1 nitrogen and oxygen atoms in total. The van der Waals surface area contributed by atoms with E-state index in [0.717, 1.165) is 15.6 Å². The van der Waals surface area contributed by atoms with Crippen LogP contribution in [0.15, 0.2) is 21.6 Å². The van der Waals surface area contributed by atoms with Crippen LogP contribution in [0.25, 0.3) is 0 Å². The zero-order valence-electron chi connectivity index (χ0n) is 8.49. The number of aliphatic imine (C=N–C) groups is 1. The molecule has 0 heterocycles. The fourth-order valence-corrected chi connectivity index (χ4v) is 1.49. The van der Waals surface area contributed by atoms with Gasteiger partial charge in [-0.1, -0.05) is 27.5 Å². The van der Waals surface area contributed by atoms with Crippen LogP contribution in [-0.2, 0) is 0 Å². The molecule has 1 aromatic rings. The maximum atomic E-state index is 12.1. The molecule has 0 aliphatic carbocycles. The van der Waals surface area contributed by atoms with Crippen molar-refractivity contribution < 1.29 is 13.2 Å². The SMILES string of the molecule is Cc1cc(N=C(Cl)C(F)(F)F)cc(C)c1Br. The Morgan fingerprint density at radius 3 is 2.06 bits per heavy atom. The molecule has 16 heavy (non-hydrogen) atoms. The van der Waals surface area contributed by atoms with Gasteiger partial charge in [0.2, 0.25) is 5.17 Å². The minimum Gasteiger partial charge on any atom is -0.232 e. The second-order valence-corrected chi connectivity index (χ2v) is 4.44. The predicted molar refractivity (Wildman–Crippen MR) is 62.6 cm³/mol. The van der Waals surface area contributed by atoms with E-state index in [2.05, 4.69) is 20.9 Å². The summed E-state index contributed by atoms with van der Waals surface area (Å²) >= 11 is 8.36. The Balaban J connectivity index is 3.17. The number of benzene rings is 1. The Bertz CT molecular complexity index is 417. The molecule has 0 amide bonds. The molecule has 0 radical (unpaired) electrons.